The topological polar surface area (TPSA) is 39.5 Å². The van der Waals surface area contributed by atoms with Gasteiger partial charge in [-0.2, -0.15) is 0 Å². The zero-order valence-electron chi connectivity index (χ0n) is 39.6. The normalized spacial score (nSPS) is 13.4. The third kappa shape index (κ3) is 5.15. The number of fused-ring (bicyclic) bond motifs is 17. The Labute approximate surface area is 388 Å². The molecule has 0 bridgehead atoms. The predicted octanol–water partition coefficient (Wildman–Crippen LogP) is 16.6. The number of hydrogen-bond donors (Lipinski definition) is 0. The molecule has 0 saturated heterocycles. The molecule has 5 nitrogen and oxygen atoms in total. The highest BCUT2D eigenvalue weighted by atomic mass is 15.1. The molecular formula is C62H51N5. The van der Waals surface area contributed by atoms with Gasteiger partial charge in [0.25, 0.3) is 0 Å². The molecular weight excluding hydrogens is 815 g/mol. The van der Waals surface area contributed by atoms with Crippen molar-refractivity contribution in [3.05, 3.63) is 162 Å². The second-order valence-corrected chi connectivity index (χ2v) is 22.3. The summed E-state index contributed by atoms with van der Waals surface area (Å²) in [7, 11) is 0. The van der Waals surface area contributed by atoms with Crippen LogP contribution in [0.4, 0.5) is 0 Å². The van der Waals surface area contributed by atoms with E-state index in [1.807, 2.05) is 0 Å². The van der Waals surface area contributed by atoms with Crippen LogP contribution in [-0.4, -0.2) is 23.3 Å². The van der Waals surface area contributed by atoms with E-state index in [4.69, 9.17) is 9.97 Å². The van der Waals surface area contributed by atoms with E-state index in [0.29, 0.717) is 0 Å². The largest absolute Gasteiger partial charge is 0.309 e. The summed E-state index contributed by atoms with van der Waals surface area (Å²) in [5.41, 5.74) is 18.1. The second-order valence-electron chi connectivity index (χ2n) is 22.3. The molecule has 0 aliphatic rings. The van der Waals surface area contributed by atoms with E-state index in [1.54, 1.807) is 0 Å². The molecule has 6 heterocycles. The lowest BCUT2D eigenvalue weighted by Crippen LogP contribution is -2.11. The van der Waals surface area contributed by atoms with E-state index < -0.39 is 0 Å². The Hall–Kier alpha value is -7.50. The van der Waals surface area contributed by atoms with Crippen LogP contribution in [0.25, 0.3) is 126 Å². The molecule has 0 spiro atoms. The molecule has 0 aliphatic carbocycles. The first-order chi connectivity index (χ1) is 32.1. The molecule has 0 radical (unpaired) electrons. The Morgan fingerprint density at radius 1 is 0.373 bits per heavy atom. The van der Waals surface area contributed by atoms with Crippen molar-refractivity contribution < 1.29 is 0 Å². The average Bonchev–Trinajstić information content (AvgIpc) is 4.10. The first-order valence-electron chi connectivity index (χ1n) is 23.8. The number of hydrogen-bond acceptors (Lipinski definition) is 2. The number of para-hydroxylation sites is 2. The van der Waals surface area contributed by atoms with E-state index in [1.165, 1.54) is 104 Å². The summed E-state index contributed by atoms with van der Waals surface area (Å²) in [4.78, 5) is 11.8. The Morgan fingerprint density at radius 3 is 1.61 bits per heavy atom. The average molecular weight is 866 g/mol. The SMILES string of the molecule is CC(C)(C)c1ccc2c(c1)c1cc(C(C)(C)C)cc3c4nc5c(nc4n2c13)c1cc(C(C)(C)C)cc2c3c4ccccc4cc(-c4ccc6c(c4)c4ccccc4n6-c4ccccc4)c3n5c12. The Balaban J connectivity index is 1.16. The molecule has 324 valence electrons. The van der Waals surface area contributed by atoms with Crippen LogP contribution in [0.5, 0.6) is 0 Å². The van der Waals surface area contributed by atoms with Crippen molar-refractivity contribution in [2.75, 3.05) is 0 Å². The quantitative estimate of drug-likeness (QED) is 0.174. The molecule has 0 amide bonds. The smallest absolute Gasteiger partial charge is 0.165 e. The monoisotopic (exact) mass is 865 g/mol. The van der Waals surface area contributed by atoms with Crippen LogP contribution in [0.2, 0.25) is 0 Å². The number of aromatic nitrogens is 5. The number of nitrogens with zero attached hydrogens (tertiary/aromatic N) is 5. The minimum Gasteiger partial charge on any atom is -0.309 e. The van der Waals surface area contributed by atoms with Gasteiger partial charge >= 0.3 is 0 Å². The lowest BCUT2D eigenvalue weighted by Gasteiger charge is -2.20. The van der Waals surface area contributed by atoms with Crippen molar-refractivity contribution in [1.29, 1.82) is 0 Å². The maximum absolute atomic E-state index is 5.91. The third-order valence-corrected chi connectivity index (χ3v) is 15.1. The van der Waals surface area contributed by atoms with Gasteiger partial charge in [0.2, 0.25) is 0 Å². The highest BCUT2D eigenvalue weighted by Crippen LogP contribution is 2.49. The van der Waals surface area contributed by atoms with Gasteiger partial charge in [-0.05, 0) is 122 Å². The van der Waals surface area contributed by atoms with E-state index in [-0.39, 0.29) is 16.2 Å². The summed E-state index contributed by atoms with van der Waals surface area (Å²) >= 11 is 0. The van der Waals surface area contributed by atoms with Gasteiger partial charge in [-0.15, -0.1) is 0 Å². The van der Waals surface area contributed by atoms with Crippen molar-refractivity contribution in [3.8, 4) is 16.8 Å². The predicted molar refractivity (Wildman–Crippen MR) is 285 cm³/mol. The van der Waals surface area contributed by atoms with Gasteiger partial charge in [-0.1, -0.05) is 135 Å². The molecule has 0 fully saturated rings. The lowest BCUT2D eigenvalue weighted by atomic mass is 9.84. The van der Waals surface area contributed by atoms with Gasteiger partial charge in [-0.25, -0.2) is 9.97 Å². The molecule has 0 N–H and O–H groups in total. The Kier molecular flexibility index (Phi) is 7.33. The lowest BCUT2D eigenvalue weighted by molar-refractivity contribution is 0.590. The summed E-state index contributed by atoms with van der Waals surface area (Å²) in [5.74, 6) is 0. The maximum Gasteiger partial charge on any atom is 0.165 e. The van der Waals surface area contributed by atoms with Crippen LogP contribution >= 0.6 is 0 Å². The van der Waals surface area contributed by atoms with E-state index >= 15 is 0 Å². The highest BCUT2D eigenvalue weighted by Gasteiger charge is 2.30. The second kappa shape index (κ2) is 12.7. The molecule has 8 aromatic carbocycles. The van der Waals surface area contributed by atoms with Crippen molar-refractivity contribution in [2.24, 2.45) is 0 Å². The molecule has 6 aromatic heterocycles. The minimum absolute atomic E-state index is 0.0202. The van der Waals surface area contributed by atoms with Crippen LogP contribution in [-0.2, 0) is 16.2 Å². The van der Waals surface area contributed by atoms with Gasteiger partial charge in [0.15, 0.2) is 11.3 Å². The van der Waals surface area contributed by atoms with Gasteiger partial charge < -0.3 is 4.57 Å². The fourth-order valence-electron chi connectivity index (χ4n) is 11.6. The Bertz CT molecular complexity index is 4420. The number of benzene rings is 8. The third-order valence-electron chi connectivity index (χ3n) is 15.1. The molecule has 0 atom stereocenters. The summed E-state index contributed by atoms with van der Waals surface area (Å²) < 4.78 is 7.30. The van der Waals surface area contributed by atoms with Crippen molar-refractivity contribution in [2.45, 2.75) is 78.6 Å². The first kappa shape index (κ1) is 38.7. The summed E-state index contributed by atoms with van der Waals surface area (Å²) in [6, 6.07) is 54.8. The van der Waals surface area contributed by atoms with Gasteiger partial charge in [0, 0.05) is 54.3 Å². The zero-order chi connectivity index (χ0) is 45.6. The first-order valence-corrected chi connectivity index (χ1v) is 23.8. The maximum atomic E-state index is 5.91. The van der Waals surface area contributed by atoms with E-state index in [2.05, 4.69) is 221 Å². The van der Waals surface area contributed by atoms with E-state index in [9.17, 15) is 0 Å². The van der Waals surface area contributed by atoms with Gasteiger partial charge in [-0.3, -0.25) is 8.80 Å². The zero-order valence-corrected chi connectivity index (χ0v) is 39.6. The molecule has 67 heavy (non-hydrogen) atoms. The van der Waals surface area contributed by atoms with Crippen LogP contribution < -0.4 is 0 Å². The van der Waals surface area contributed by atoms with Crippen molar-refractivity contribution >= 4 is 109 Å². The van der Waals surface area contributed by atoms with Crippen molar-refractivity contribution in [3.63, 3.8) is 0 Å². The molecule has 14 rings (SSSR count). The fraction of sp³-hybridized carbons (Fsp3) is 0.194. The minimum atomic E-state index is -0.107. The summed E-state index contributed by atoms with van der Waals surface area (Å²) in [6.45, 7) is 20.8. The van der Waals surface area contributed by atoms with Crippen LogP contribution in [0.1, 0.15) is 79.0 Å². The molecule has 5 heteroatoms. The van der Waals surface area contributed by atoms with Crippen molar-refractivity contribution in [1.82, 2.24) is 23.3 Å². The van der Waals surface area contributed by atoms with Crippen LogP contribution in [0, 0.1) is 0 Å². The number of rotatable bonds is 2. The van der Waals surface area contributed by atoms with Gasteiger partial charge in [0.1, 0.15) is 11.0 Å². The Morgan fingerprint density at radius 2 is 0.910 bits per heavy atom. The van der Waals surface area contributed by atoms with Gasteiger partial charge in [0.05, 0.1) is 33.1 Å². The van der Waals surface area contributed by atoms with Crippen LogP contribution in [0.3, 0.4) is 0 Å². The van der Waals surface area contributed by atoms with Crippen LogP contribution in [0.15, 0.2) is 146 Å². The summed E-state index contributed by atoms with van der Waals surface area (Å²) in [6.07, 6.45) is 0. The highest BCUT2D eigenvalue weighted by molar-refractivity contribution is 6.32. The standard InChI is InChI=1S/C62H51N5/c1-60(2,3)36-24-26-51-44(29-36)45-30-37(61(4,5)6)32-47-53-58(66(51)55(45)47)63-54-48-33-38(62(7,8)9)31-46-52-40-20-14-13-17-34(40)27-42(57(52)67(56(46)48)59(54)64-53)35-23-25-50-43(28-35)41-21-15-16-22-49(41)65(50)39-18-11-10-12-19-39/h10-33H,1-9H3. The molecule has 0 saturated carbocycles. The molecule has 14 aromatic rings. The molecule has 0 unspecified atom stereocenters. The summed E-state index contributed by atoms with van der Waals surface area (Å²) in [5, 5.41) is 12.3. The van der Waals surface area contributed by atoms with E-state index in [0.717, 1.165) is 38.8 Å². The molecule has 0 aliphatic heterocycles. The fourth-order valence-corrected chi connectivity index (χ4v) is 11.6.